The topological polar surface area (TPSA) is 94.9 Å². The Morgan fingerprint density at radius 3 is 2.76 bits per heavy atom. The Balaban J connectivity index is 1.99. The molecule has 9 heteroatoms. The average Bonchev–Trinajstić information content (AvgIpc) is 2.87. The number of H-pyrrole nitrogens is 1. The van der Waals surface area contributed by atoms with Gasteiger partial charge in [-0.25, -0.2) is 8.42 Å². The minimum atomic E-state index is -3.02. The van der Waals surface area contributed by atoms with Gasteiger partial charge in [-0.3, -0.25) is 0 Å². The van der Waals surface area contributed by atoms with Crippen LogP contribution < -0.4 is 0 Å². The number of aromatic hydroxyl groups is 1. The van der Waals surface area contributed by atoms with E-state index in [-0.39, 0.29) is 29.1 Å². The lowest BCUT2D eigenvalue weighted by Crippen LogP contribution is -2.06. The second-order valence-corrected chi connectivity index (χ2v) is 7.98. The van der Waals surface area contributed by atoms with Crippen molar-refractivity contribution in [2.45, 2.75) is 12.5 Å². The van der Waals surface area contributed by atoms with Crippen LogP contribution in [0.1, 0.15) is 6.42 Å². The van der Waals surface area contributed by atoms with Crippen molar-refractivity contribution in [3.05, 3.63) is 22.2 Å². The molecule has 0 spiro atoms. The van der Waals surface area contributed by atoms with E-state index >= 15 is 0 Å². The van der Waals surface area contributed by atoms with E-state index in [1.165, 1.54) is 0 Å². The summed E-state index contributed by atoms with van der Waals surface area (Å²) in [6, 6.07) is 2.78. The van der Waals surface area contributed by atoms with E-state index in [0.717, 1.165) is 0 Å². The predicted molar refractivity (Wildman–Crippen MR) is 81.6 cm³/mol. The Morgan fingerprint density at radius 1 is 1.33 bits per heavy atom. The number of fused-ring (bicyclic) bond motifs is 1. The number of sulfone groups is 1. The summed E-state index contributed by atoms with van der Waals surface area (Å²) in [5.74, 6) is -0.0752. The summed E-state index contributed by atoms with van der Waals surface area (Å²) in [6.45, 7) is 0. The minimum absolute atomic E-state index is 0.0128. The van der Waals surface area contributed by atoms with Gasteiger partial charge in [-0.15, -0.1) is 5.11 Å². The van der Waals surface area contributed by atoms with Crippen molar-refractivity contribution in [2.75, 3.05) is 11.5 Å². The van der Waals surface area contributed by atoms with E-state index < -0.39 is 9.84 Å². The standard InChI is InChI=1S/C12H11Cl2N3O3S/c13-6-3-8-10(9(14)4-6)15-12(18)11(8)17-16-7-1-2-21(19,20)5-7/h3-4,7,15,18H,1-2,5H2/t7-/m0/s1. The maximum Gasteiger partial charge on any atom is 0.218 e. The summed E-state index contributed by atoms with van der Waals surface area (Å²) in [7, 11) is -3.02. The number of hydrogen-bond donors (Lipinski definition) is 2. The SMILES string of the molecule is O=S1(=O)CC[C@H](N=Nc2c(O)[nH]c3c(Cl)cc(Cl)cc23)C1. The molecular weight excluding hydrogens is 337 g/mol. The van der Waals surface area contributed by atoms with Crippen molar-refractivity contribution in [3.8, 4) is 5.88 Å². The summed E-state index contributed by atoms with van der Waals surface area (Å²) in [4.78, 5) is 2.71. The van der Waals surface area contributed by atoms with Crippen LogP contribution in [0.4, 0.5) is 5.69 Å². The number of aromatic nitrogens is 1. The summed E-state index contributed by atoms with van der Waals surface area (Å²) in [5, 5.41) is 19.2. The van der Waals surface area contributed by atoms with Gasteiger partial charge in [-0.05, 0) is 18.6 Å². The van der Waals surface area contributed by atoms with Crippen molar-refractivity contribution in [1.29, 1.82) is 0 Å². The van der Waals surface area contributed by atoms with E-state index in [0.29, 0.717) is 27.4 Å². The zero-order chi connectivity index (χ0) is 15.2. The Labute approximate surface area is 130 Å². The van der Waals surface area contributed by atoms with Crippen LogP contribution >= 0.6 is 23.2 Å². The molecule has 2 heterocycles. The van der Waals surface area contributed by atoms with E-state index in [4.69, 9.17) is 23.2 Å². The molecule has 1 aliphatic heterocycles. The molecular formula is C12H11Cl2N3O3S. The molecule has 1 aliphatic rings. The summed E-state index contributed by atoms with van der Waals surface area (Å²) >= 11 is 12.0. The highest BCUT2D eigenvalue weighted by Gasteiger charge is 2.28. The lowest BCUT2D eigenvalue weighted by Gasteiger charge is -1.98. The molecule has 2 N–H and O–H groups in total. The first kappa shape index (κ1) is 14.6. The molecule has 0 amide bonds. The molecule has 0 unspecified atom stereocenters. The fourth-order valence-corrected chi connectivity index (χ4v) is 4.46. The van der Waals surface area contributed by atoms with Gasteiger partial charge < -0.3 is 10.1 Å². The maximum absolute atomic E-state index is 11.4. The predicted octanol–water partition coefficient (Wildman–Crippen LogP) is 3.45. The number of nitrogens with zero attached hydrogens (tertiary/aromatic N) is 2. The molecule has 1 atom stereocenters. The van der Waals surface area contributed by atoms with Crippen molar-refractivity contribution in [3.63, 3.8) is 0 Å². The number of hydrogen-bond acceptors (Lipinski definition) is 5. The largest absolute Gasteiger partial charge is 0.493 e. The third-order valence-electron chi connectivity index (χ3n) is 3.31. The number of benzene rings is 1. The zero-order valence-electron chi connectivity index (χ0n) is 10.7. The number of azo groups is 1. The second kappa shape index (κ2) is 5.15. The summed E-state index contributed by atoms with van der Waals surface area (Å²) in [5.41, 5.74) is 0.713. The van der Waals surface area contributed by atoms with E-state index in [2.05, 4.69) is 15.2 Å². The van der Waals surface area contributed by atoms with Crippen LogP contribution in [0.5, 0.6) is 5.88 Å². The van der Waals surface area contributed by atoms with Crippen LogP contribution in [0.2, 0.25) is 10.0 Å². The highest BCUT2D eigenvalue weighted by molar-refractivity contribution is 7.91. The number of halogens is 2. The normalized spacial score (nSPS) is 21.5. The van der Waals surface area contributed by atoms with Gasteiger partial charge in [0.2, 0.25) is 5.88 Å². The summed E-state index contributed by atoms with van der Waals surface area (Å²) in [6.07, 6.45) is 0.441. The molecule has 1 fully saturated rings. The molecule has 1 aromatic carbocycles. The van der Waals surface area contributed by atoms with Gasteiger partial charge in [-0.1, -0.05) is 23.2 Å². The van der Waals surface area contributed by atoms with Crippen LogP contribution in [0.25, 0.3) is 10.9 Å². The molecule has 2 aromatic rings. The van der Waals surface area contributed by atoms with Gasteiger partial charge >= 0.3 is 0 Å². The Kier molecular flexibility index (Phi) is 3.59. The monoisotopic (exact) mass is 347 g/mol. The maximum atomic E-state index is 11.4. The highest BCUT2D eigenvalue weighted by Crippen LogP contribution is 2.40. The first-order valence-electron chi connectivity index (χ1n) is 6.17. The van der Waals surface area contributed by atoms with E-state index in [1.54, 1.807) is 12.1 Å². The number of aromatic amines is 1. The van der Waals surface area contributed by atoms with Gasteiger partial charge in [0.1, 0.15) is 0 Å². The Hall–Kier alpha value is -1.31. The lowest BCUT2D eigenvalue weighted by atomic mass is 10.2. The third kappa shape index (κ3) is 2.86. The molecule has 0 radical (unpaired) electrons. The summed E-state index contributed by atoms with van der Waals surface area (Å²) < 4.78 is 22.8. The van der Waals surface area contributed by atoms with E-state index in [1.807, 2.05) is 0 Å². The van der Waals surface area contributed by atoms with Gasteiger partial charge in [0.05, 0.1) is 28.1 Å². The van der Waals surface area contributed by atoms with Crippen LogP contribution in [-0.2, 0) is 9.84 Å². The fourth-order valence-electron chi connectivity index (χ4n) is 2.30. The second-order valence-electron chi connectivity index (χ2n) is 4.90. The minimum Gasteiger partial charge on any atom is -0.493 e. The van der Waals surface area contributed by atoms with Gasteiger partial charge in [0.15, 0.2) is 15.5 Å². The van der Waals surface area contributed by atoms with Gasteiger partial charge in [-0.2, -0.15) is 5.11 Å². The molecule has 112 valence electrons. The molecule has 1 aromatic heterocycles. The highest BCUT2D eigenvalue weighted by atomic mass is 35.5. The Morgan fingerprint density at radius 2 is 2.10 bits per heavy atom. The first-order valence-corrected chi connectivity index (χ1v) is 8.74. The first-order chi connectivity index (χ1) is 9.85. The number of nitrogens with one attached hydrogen (secondary N) is 1. The quantitative estimate of drug-likeness (QED) is 0.814. The Bertz CT molecular complexity index is 845. The zero-order valence-corrected chi connectivity index (χ0v) is 13.0. The molecule has 1 saturated heterocycles. The van der Waals surface area contributed by atoms with Gasteiger partial charge in [0.25, 0.3) is 0 Å². The van der Waals surface area contributed by atoms with Crippen molar-refractivity contribution >= 4 is 49.6 Å². The van der Waals surface area contributed by atoms with Crippen LogP contribution in [0.15, 0.2) is 22.4 Å². The molecule has 0 saturated carbocycles. The van der Waals surface area contributed by atoms with Crippen molar-refractivity contribution in [1.82, 2.24) is 4.98 Å². The van der Waals surface area contributed by atoms with Crippen molar-refractivity contribution in [2.24, 2.45) is 10.2 Å². The lowest BCUT2D eigenvalue weighted by molar-refractivity contribution is 0.459. The smallest absolute Gasteiger partial charge is 0.218 e. The molecule has 0 aliphatic carbocycles. The fraction of sp³-hybridized carbons (Fsp3) is 0.333. The van der Waals surface area contributed by atoms with Crippen LogP contribution in [0.3, 0.4) is 0 Å². The van der Waals surface area contributed by atoms with Crippen molar-refractivity contribution < 1.29 is 13.5 Å². The molecule has 0 bridgehead atoms. The molecule has 21 heavy (non-hydrogen) atoms. The molecule has 3 rings (SSSR count). The van der Waals surface area contributed by atoms with Gasteiger partial charge in [0, 0.05) is 10.4 Å². The third-order valence-corrected chi connectivity index (χ3v) is 5.57. The average molecular weight is 348 g/mol. The number of rotatable bonds is 2. The van der Waals surface area contributed by atoms with Crippen LogP contribution in [-0.4, -0.2) is 36.1 Å². The van der Waals surface area contributed by atoms with E-state index in [9.17, 15) is 13.5 Å². The molecule has 6 nitrogen and oxygen atoms in total. The van der Waals surface area contributed by atoms with Crippen LogP contribution in [0, 0.1) is 0 Å².